The third-order valence-corrected chi connectivity index (χ3v) is 4.95. The Kier molecular flexibility index (Phi) is 2.99. The monoisotopic (exact) mass is 285 g/mol. The molecule has 0 unspecified atom stereocenters. The summed E-state index contributed by atoms with van der Waals surface area (Å²) in [4.78, 5) is 0. The summed E-state index contributed by atoms with van der Waals surface area (Å²) in [6.07, 6.45) is 5.64. The Hall–Kier alpha value is -1.42. The molecule has 0 amide bonds. The van der Waals surface area contributed by atoms with Gasteiger partial charge >= 0.3 is 0 Å². The number of H-pyrrole nitrogens is 1. The highest BCUT2D eigenvalue weighted by Gasteiger charge is 2.41. The summed E-state index contributed by atoms with van der Waals surface area (Å²) in [5.74, 6) is 3.66. The topological polar surface area (TPSA) is 33.6 Å². The van der Waals surface area contributed by atoms with Crippen LogP contribution in [0.3, 0.4) is 0 Å². The van der Waals surface area contributed by atoms with Crippen molar-refractivity contribution in [1.82, 2.24) is 14.8 Å². The van der Waals surface area contributed by atoms with Crippen LogP contribution < -0.4 is 0 Å². The smallest absolute Gasteiger partial charge is 0.195 e. The molecule has 2 aliphatic carbocycles. The van der Waals surface area contributed by atoms with Crippen LogP contribution in [-0.2, 0) is 6.54 Å². The molecule has 104 valence electrons. The quantitative estimate of drug-likeness (QED) is 0.841. The Labute approximate surface area is 124 Å². The second kappa shape index (κ2) is 4.85. The maximum Gasteiger partial charge on any atom is 0.195 e. The molecule has 0 bridgehead atoms. The fourth-order valence-corrected chi connectivity index (χ4v) is 3.44. The maximum absolute atomic E-state index is 5.45. The van der Waals surface area contributed by atoms with Gasteiger partial charge < -0.3 is 0 Å². The van der Waals surface area contributed by atoms with Gasteiger partial charge in [-0.2, -0.15) is 5.10 Å². The van der Waals surface area contributed by atoms with Gasteiger partial charge in [0.25, 0.3) is 0 Å². The summed E-state index contributed by atoms with van der Waals surface area (Å²) in [5.41, 5.74) is 1.14. The molecule has 0 aliphatic heterocycles. The molecule has 2 aromatic rings. The highest BCUT2D eigenvalue weighted by molar-refractivity contribution is 7.71. The lowest BCUT2D eigenvalue weighted by Gasteiger charge is -2.17. The molecule has 0 spiro atoms. The van der Waals surface area contributed by atoms with Crippen molar-refractivity contribution in [2.24, 2.45) is 17.8 Å². The number of hydrogen-bond acceptors (Lipinski definition) is 2. The minimum atomic E-state index is 0.759. The normalized spacial score (nSPS) is 18.6. The molecule has 0 saturated heterocycles. The van der Waals surface area contributed by atoms with E-state index in [1.807, 2.05) is 6.07 Å². The number of rotatable bonds is 5. The van der Waals surface area contributed by atoms with Crippen molar-refractivity contribution in [3.05, 3.63) is 35.1 Å². The molecular formula is C16H19N3S. The van der Waals surface area contributed by atoms with Crippen molar-refractivity contribution in [2.45, 2.75) is 32.2 Å². The van der Waals surface area contributed by atoms with E-state index >= 15 is 0 Å². The summed E-state index contributed by atoms with van der Waals surface area (Å²) < 4.78 is 2.97. The second-order valence-corrected chi connectivity index (χ2v) is 6.55. The third-order valence-electron chi connectivity index (χ3n) is 4.64. The predicted molar refractivity (Wildman–Crippen MR) is 81.8 cm³/mol. The van der Waals surface area contributed by atoms with Crippen LogP contribution >= 0.6 is 12.2 Å². The average Bonchev–Trinajstić information content (AvgIpc) is 3.37. The predicted octanol–water partition coefficient (Wildman–Crippen LogP) is 4.04. The van der Waals surface area contributed by atoms with Gasteiger partial charge in [0.05, 0.1) is 0 Å². The van der Waals surface area contributed by atoms with Crippen LogP contribution in [0.25, 0.3) is 11.4 Å². The van der Waals surface area contributed by atoms with Crippen LogP contribution in [0.2, 0.25) is 0 Å². The van der Waals surface area contributed by atoms with E-state index in [2.05, 4.69) is 39.0 Å². The number of nitrogens with zero attached hydrogens (tertiary/aromatic N) is 2. The lowest BCUT2D eigenvalue weighted by atomic mass is 9.98. The van der Waals surface area contributed by atoms with E-state index in [0.717, 1.165) is 40.5 Å². The average molecular weight is 285 g/mol. The van der Waals surface area contributed by atoms with E-state index < -0.39 is 0 Å². The van der Waals surface area contributed by atoms with E-state index in [-0.39, 0.29) is 0 Å². The first-order valence-corrected chi connectivity index (χ1v) is 7.94. The molecule has 0 atom stereocenters. The fourth-order valence-electron chi connectivity index (χ4n) is 3.24. The van der Waals surface area contributed by atoms with Crippen LogP contribution in [0.1, 0.15) is 25.7 Å². The molecule has 1 aromatic carbocycles. The first-order valence-electron chi connectivity index (χ1n) is 7.53. The van der Waals surface area contributed by atoms with Crippen LogP contribution in [0.4, 0.5) is 0 Å². The largest absolute Gasteiger partial charge is 0.300 e. The Morgan fingerprint density at radius 2 is 1.80 bits per heavy atom. The van der Waals surface area contributed by atoms with Crippen molar-refractivity contribution < 1.29 is 0 Å². The Morgan fingerprint density at radius 3 is 2.40 bits per heavy atom. The Morgan fingerprint density at radius 1 is 1.15 bits per heavy atom. The van der Waals surface area contributed by atoms with E-state index in [9.17, 15) is 0 Å². The number of aromatic nitrogens is 3. The zero-order valence-electron chi connectivity index (χ0n) is 11.5. The first kappa shape index (κ1) is 12.3. The van der Waals surface area contributed by atoms with Gasteiger partial charge in [-0.05, 0) is 55.7 Å². The summed E-state index contributed by atoms with van der Waals surface area (Å²) in [6.45, 7) is 1.04. The van der Waals surface area contributed by atoms with Gasteiger partial charge in [-0.25, -0.2) is 0 Å². The molecule has 4 rings (SSSR count). The van der Waals surface area contributed by atoms with Gasteiger partial charge in [-0.3, -0.25) is 9.67 Å². The third kappa shape index (κ3) is 2.33. The number of hydrogen-bond donors (Lipinski definition) is 1. The molecule has 1 N–H and O–H groups in total. The van der Waals surface area contributed by atoms with Crippen LogP contribution in [0.5, 0.6) is 0 Å². The summed E-state index contributed by atoms with van der Waals surface area (Å²) >= 11 is 5.45. The summed E-state index contributed by atoms with van der Waals surface area (Å²) in [7, 11) is 0. The van der Waals surface area contributed by atoms with Gasteiger partial charge in [0.1, 0.15) is 0 Å². The van der Waals surface area contributed by atoms with Gasteiger partial charge in [0.15, 0.2) is 10.6 Å². The van der Waals surface area contributed by atoms with Crippen LogP contribution in [0, 0.1) is 22.5 Å². The zero-order chi connectivity index (χ0) is 13.5. The van der Waals surface area contributed by atoms with Crippen molar-refractivity contribution >= 4 is 12.2 Å². The summed E-state index contributed by atoms with van der Waals surface area (Å²) in [5, 5.41) is 7.42. The van der Waals surface area contributed by atoms with Crippen molar-refractivity contribution in [2.75, 3.05) is 0 Å². The molecular weight excluding hydrogens is 266 g/mol. The molecule has 0 radical (unpaired) electrons. The lowest BCUT2D eigenvalue weighted by molar-refractivity contribution is 0.348. The van der Waals surface area contributed by atoms with Crippen molar-refractivity contribution in [3.8, 4) is 11.4 Å². The summed E-state index contributed by atoms with van der Waals surface area (Å²) in [6, 6.07) is 10.3. The second-order valence-electron chi connectivity index (χ2n) is 6.17. The molecule has 20 heavy (non-hydrogen) atoms. The van der Waals surface area contributed by atoms with Gasteiger partial charge in [-0.1, -0.05) is 30.3 Å². The van der Waals surface area contributed by atoms with Crippen molar-refractivity contribution in [3.63, 3.8) is 0 Å². The molecule has 1 heterocycles. The molecule has 3 nitrogen and oxygen atoms in total. The highest BCUT2D eigenvalue weighted by Crippen LogP contribution is 2.50. The Balaban J connectivity index is 1.67. The fraction of sp³-hybridized carbons (Fsp3) is 0.500. The zero-order valence-corrected chi connectivity index (χ0v) is 12.3. The van der Waals surface area contributed by atoms with Gasteiger partial charge in [0, 0.05) is 12.1 Å². The molecule has 4 heteroatoms. The van der Waals surface area contributed by atoms with Crippen LogP contribution in [0.15, 0.2) is 30.3 Å². The van der Waals surface area contributed by atoms with E-state index in [1.54, 1.807) is 0 Å². The highest BCUT2D eigenvalue weighted by atomic mass is 32.1. The molecule has 2 aliphatic rings. The number of benzene rings is 1. The van der Waals surface area contributed by atoms with Gasteiger partial charge in [0.2, 0.25) is 0 Å². The molecule has 1 aromatic heterocycles. The minimum absolute atomic E-state index is 0.759. The van der Waals surface area contributed by atoms with E-state index in [0.29, 0.717) is 0 Å². The minimum Gasteiger partial charge on any atom is -0.300 e. The standard InChI is InChI=1S/C16H19N3S/c20-16-18-17-15(13-4-2-1-3-5-13)19(16)10-14(11-6-7-11)12-8-9-12/h1-5,11-12,14H,6-10H2,(H,18,20). The van der Waals surface area contributed by atoms with Crippen molar-refractivity contribution in [1.29, 1.82) is 0 Å². The molecule has 2 saturated carbocycles. The van der Waals surface area contributed by atoms with Crippen LogP contribution in [-0.4, -0.2) is 14.8 Å². The SMILES string of the molecule is S=c1[nH]nc(-c2ccccc2)n1CC(C1CC1)C1CC1. The number of aromatic amines is 1. The Bertz CT molecular complexity index is 638. The lowest BCUT2D eigenvalue weighted by Crippen LogP contribution is -2.16. The maximum atomic E-state index is 5.45. The van der Waals surface area contributed by atoms with E-state index in [4.69, 9.17) is 12.2 Å². The first-order chi connectivity index (χ1) is 9.83. The van der Waals surface area contributed by atoms with E-state index in [1.165, 1.54) is 25.7 Å². The van der Waals surface area contributed by atoms with Gasteiger partial charge in [-0.15, -0.1) is 0 Å². The molecule has 2 fully saturated rings. The number of nitrogens with one attached hydrogen (secondary N) is 1.